The lowest BCUT2D eigenvalue weighted by atomic mass is 10.1. The molecule has 0 spiro atoms. The minimum absolute atomic E-state index is 0.180. The molecule has 0 saturated carbocycles. The molecule has 0 fully saturated rings. The Morgan fingerprint density at radius 3 is 2.65 bits per heavy atom. The zero-order valence-corrected chi connectivity index (χ0v) is 19.2. The van der Waals surface area contributed by atoms with E-state index >= 15 is 0 Å². The van der Waals surface area contributed by atoms with Gasteiger partial charge in [-0.15, -0.1) is 0 Å². The van der Waals surface area contributed by atoms with Crippen LogP contribution in [0.2, 0.25) is 0 Å². The molecule has 0 saturated heterocycles. The minimum Gasteiger partial charge on any atom is -0.439 e. The van der Waals surface area contributed by atoms with E-state index in [1.54, 1.807) is 31.2 Å². The Labute approximate surface area is 185 Å². The molecule has 168 valence electrons. The number of nitrogens with one attached hydrogen (secondary N) is 1. The highest BCUT2D eigenvalue weighted by Crippen LogP contribution is 2.27. The van der Waals surface area contributed by atoms with E-state index in [0.29, 0.717) is 34.7 Å². The fourth-order valence-electron chi connectivity index (χ4n) is 3.11. The zero-order valence-electron chi connectivity index (χ0n) is 19.2. The van der Waals surface area contributed by atoms with E-state index in [0.717, 1.165) is 19.3 Å². The van der Waals surface area contributed by atoms with Gasteiger partial charge in [0.1, 0.15) is 11.6 Å². The quantitative estimate of drug-likeness (QED) is 0.179. The van der Waals surface area contributed by atoms with Gasteiger partial charge >= 0.3 is 0 Å². The monoisotopic (exact) mass is 426 g/mol. The summed E-state index contributed by atoms with van der Waals surface area (Å²) in [7, 11) is 0. The number of pyridine rings is 1. The predicted molar refractivity (Wildman–Crippen MR) is 126 cm³/mol. The van der Waals surface area contributed by atoms with E-state index < -0.39 is 0 Å². The van der Waals surface area contributed by atoms with Gasteiger partial charge < -0.3 is 10.1 Å². The summed E-state index contributed by atoms with van der Waals surface area (Å²) in [5.74, 6) is 0.582. The fraction of sp³-hybridized carbons (Fsp3) is 0.462. The second-order valence-electron chi connectivity index (χ2n) is 8.26. The van der Waals surface area contributed by atoms with Crippen LogP contribution in [0.4, 0.5) is 4.39 Å². The summed E-state index contributed by atoms with van der Waals surface area (Å²) in [6, 6.07) is 7.08. The standard InChI is InChI=1S/C26H35FN2O2/c1-5-6-7-8-9-10-13-21(16-17-24(30)28-18-19(2)3)31-26-20(4)25(27)22-14-11-12-15-23(22)29-26/h11-17,19H,5-10,18H2,1-4H3,(H,28,30)/b17-16+,21-13-. The van der Waals surface area contributed by atoms with Gasteiger partial charge in [0.25, 0.3) is 0 Å². The van der Waals surface area contributed by atoms with Crippen molar-refractivity contribution < 1.29 is 13.9 Å². The van der Waals surface area contributed by atoms with Crippen LogP contribution in [0.3, 0.4) is 0 Å². The summed E-state index contributed by atoms with van der Waals surface area (Å²) in [6.07, 6.45) is 11.7. The number of amides is 1. The van der Waals surface area contributed by atoms with Gasteiger partial charge in [-0.05, 0) is 50.0 Å². The van der Waals surface area contributed by atoms with Gasteiger partial charge in [0.05, 0.1) is 5.52 Å². The number of ether oxygens (including phenoxy) is 1. The molecule has 0 radical (unpaired) electrons. The number of hydrogen-bond donors (Lipinski definition) is 1. The van der Waals surface area contributed by atoms with Crippen LogP contribution in [0.5, 0.6) is 5.88 Å². The van der Waals surface area contributed by atoms with Gasteiger partial charge in [-0.2, -0.15) is 0 Å². The Morgan fingerprint density at radius 1 is 1.16 bits per heavy atom. The molecule has 31 heavy (non-hydrogen) atoms. The van der Waals surface area contributed by atoms with Crippen LogP contribution in [0.1, 0.15) is 64.9 Å². The van der Waals surface area contributed by atoms with Gasteiger partial charge in [-0.1, -0.05) is 58.6 Å². The summed E-state index contributed by atoms with van der Waals surface area (Å²) < 4.78 is 20.8. The summed E-state index contributed by atoms with van der Waals surface area (Å²) in [6.45, 7) is 8.54. The second-order valence-corrected chi connectivity index (χ2v) is 8.26. The number of hydrogen-bond acceptors (Lipinski definition) is 3. The van der Waals surface area contributed by atoms with Crippen LogP contribution in [-0.4, -0.2) is 17.4 Å². The normalized spacial score (nSPS) is 12.1. The lowest BCUT2D eigenvalue weighted by molar-refractivity contribution is -0.116. The number of halogens is 1. The highest BCUT2D eigenvalue weighted by atomic mass is 19.1. The van der Waals surface area contributed by atoms with Crippen LogP contribution in [0.15, 0.2) is 48.3 Å². The maximum atomic E-state index is 14.8. The molecule has 0 unspecified atom stereocenters. The Morgan fingerprint density at radius 2 is 1.90 bits per heavy atom. The largest absolute Gasteiger partial charge is 0.439 e. The maximum Gasteiger partial charge on any atom is 0.244 e. The van der Waals surface area contributed by atoms with Gasteiger partial charge in [-0.25, -0.2) is 9.37 Å². The van der Waals surface area contributed by atoms with E-state index in [-0.39, 0.29) is 17.6 Å². The SMILES string of the molecule is CCCCCCC/C=C(/C=C/C(=O)NCC(C)C)Oc1nc2ccccc2c(F)c1C. The number of carbonyl (C=O) groups excluding carboxylic acids is 1. The number of unbranched alkanes of at least 4 members (excludes halogenated alkanes) is 5. The topological polar surface area (TPSA) is 51.2 Å². The molecule has 1 N–H and O–H groups in total. The van der Waals surface area contributed by atoms with Crippen molar-refractivity contribution in [3.05, 3.63) is 59.6 Å². The van der Waals surface area contributed by atoms with Crippen molar-refractivity contribution in [1.82, 2.24) is 10.3 Å². The molecule has 0 aliphatic heterocycles. The van der Waals surface area contributed by atoms with Crippen LogP contribution >= 0.6 is 0 Å². The van der Waals surface area contributed by atoms with Crippen molar-refractivity contribution >= 4 is 16.8 Å². The predicted octanol–water partition coefficient (Wildman–Crippen LogP) is 6.63. The number of para-hydroxylation sites is 1. The number of nitrogens with zero attached hydrogens (tertiary/aromatic N) is 1. The molecule has 2 aromatic rings. The van der Waals surface area contributed by atoms with Crippen molar-refractivity contribution in [2.24, 2.45) is 5.92 Å². The van der Waals surface area contributed by atoms with Crippen molar-refractivity contribution in [2.45, 2.75) is 66.2 Å². The zero-order chi connectivity index (χ0) is 22.6. The van der Waals surface area contributed by atoms with E-state index in [4.69, 9.17) is 4.74 Å². The van der Waals surface area contributed by atoms with Crippen molar-refractivity contribution in [3.8, 4) is 5.88 Å². The van der Waals surface area contributed by atoms with Crippen molar-refractivity contribution in [3.63, 3.8) is 0 Å². The number of benzene rings is 1. The van der Waals surface area contributed by atoms with Crippen molar-refractivity contribution in [2.75, 3.05) is 6.54 Å². The van der Waals surface area contributed by atoms with Crippen LogP contribution in [-0.2, 0) is 4.79 Å². The lowest BCUT2D eigenvalue weighted by Gasteiger charge is -2.12. The molecule has 2 rings (SSSR count). The van der Waals surface area contributed by atoms with E-state index in [2.05, 4.69) is 17.2 Å². The molecule has 0 atom stereocenters. The molecule has 0 aliphatic carbocycles. The highest BCUT2D eigenvalue weighted by molar-refractivity contribution is 5.87. The summed E-state index contributed by atoms with van der Waals surface area (Å²) in [5.41, 5.74) is 0.892. The third-order valence-corrected chi connectivity index (χ3v) is 4.96. The molecule has 1 heterocycles. The maximum absolute atomic E-state index is 14.8. The van der Waals surface area contributed by atoms with Gasteiger partial charge in [0, 0.05) is 23.6 Å². The van der Waals surface area contributed by atoms with E-state index in [1.165, 1.54) is 25.3 Å². The second kappa shape index (κ2) is 12.9. The lowest BCUT2D eigenvalue weighted by Crippen LogP contribution is -2.25. The average molecular weight is 427 g/mol. The molecule has 5 heteroatoms. The van der Waals surface area contributed by atoms with Crippen molar-refractivity contribution in [1.29, 1.82) is 0 Å². The molecule has 0 aliphatic rings. The van der Waals surface area contributed by atoms with Crippen LogP contribution in [0.25, 0.3) is 10.9 Å². The van der Waals surface area contributed by atoms with Crippen LogP contribution in [0, 0.1) is 18.7 Å². The van der Waals surface area contributed by atoms with E-state index in [9.17, 15) is 9.18 Å². The first kappa shape index (κ1) is 24.6. The summed E-state index contributed by atoms with van der Waals surface area (Å²) in [4.78, 5) is 16.6. The van der Waals surface area contributed by atoms with E-state index in [1.807, 2.05) is 26.0 Å². The molecule has 4 nitrogen and oxygen atoms in total. The summed E-state index contributed by atoms with van der Waals surface area (Å²) >= 11 is 0. The third-order valence-electron chi connectivity index (χ3n) is 4.96. The number of carbonyl (C=O) groups is 1. The first-order chi connectivity index (χ1) is 14.9. The average Bonchev–Trinajstić information content (AvgIpc) is 2.76. The number of rotatable bonds is 12. The molecule has 1 aromatic carbocycles. The Kier molecular flexibility index (Phi) is 10.2. The minimum atomic E-state index is -0.335. The highest BCUT2D eigenvalue weighted by Gasteiger charge is 2.13. The first-order valence-electron chi connectivity index (χ1n) is 11.3. The molecule has 1 amide bonds. The Balaban J connectivity index is 2.18. The van der Waals surface area contributed by atoms with Crippen LogP contribution < -0.4 is 10.1 Å². The number of allylic oxidation sites excluding steroid dienone is 2. The fourth-order valence-corrected chi connectivity index (χ4v) is 3.11. The van der Waals surface area contributed by atoms with Gasteiger partial charge in [0.2, 0.25) is 11.8 Å². The molecule has 0 bridgehead atoms. The molecular formula is C26H35FN2O2. The smallest absolute Gasteiger partial charge is 0.244 e. The first-order valence-corrected chi connectivity index (χ1v) is 11.3. The third kappa shape index (κ3) is 8.16. The Bertz CT molecular complexity index is 919. The van der Waals surface area contributed by atoms with Gasteiger partial charge in [0.15, 0.2) is 0 Å². The summed E-state index contributed by atoms with van der Waals surface area (Å²) in [5, 5.41) is 3.32. The molecule has 1 aromatic heterocycles. The molecular weight excluding hydrogens is 391 g/mol. The number of fused-ring (bicyclic) bond motifs is 1. The Hall–Kier alpha value is -2.69. The number of aromatic nitrogens is 1. The van der Waals surface area contributed by atoms with Gasteiger partial charge in [-0.3, -0.25) is 4.79 Å².